The molecule has 0 fully saturated rings. The smallest absolute Gasteiger partial charge is 0.335 e. The van der Waals surface area contributed by atoms with Gasteiger partial charge in [0.25, 0.3) is 0 Å². The number of rotatable bonds is 4. The standard InChI is InChI=1S/C14H13N3O2/c15-12-5-1-10(2-6-12)9-16-17-13-7-3-11(4-8-13)14(18)19/h1-9,17H,15H2,(H,18,19). The van der Waals surface area contributed by atoms with Crippen LogP contribution in [0.25, 0.3) is 0 Å². The van der Waals surface area contributed by atoms with Gasteiger partial charge in [-0.05, 0) is 42.0 Å². The molecule has 0 spiro atoms. The second kappa shape index (κ2) is 5.68. The largest absolute Gasteiger partial charge is 0.478 e. The van der Waals surface area contributed by atoms with Crippen LogP contribution < -0.4 is 11.2 Å². The molecule has 2 rings (SSSR count). The minimum Gasteiger partial charge on any atom is -0.478 e. The first-order valence-electron chi connectivity index (χ1n) is 5.63. The first-order chi connectivity index (χ1) is 9.15. The molecule has 2 aromatic rings. The molecule has 0 saturated carbocycles. The molecule has 0 amide bonds. The number of hydrazone groups is 1. The summed E-state index contributed by atoms with van der Waals surface area (Å²) >= 11 is 0. The summed E-state index contributed by atoms with van der Waals surface area (Å²) in [6.45, 7) is 0. The molecule has 19 heavy (non-hydrogen) atoms. The van der Waals surface area contributed by atoms with E-state index in [0.29, 0.717) is 5.69 Å². The maximum atomic E-state index is 10.7. The fourth-order valence-electron chi connectivity index (χ4n) is 1.45. The number of anilines is 2. The van der Waals surface area contributed by atoms with Crippen LogP contribution in [0, 0.1) is 0 Å². The molecule has 0 saturated heterocycles. The average Bonchev–Trinajstić information content (AvgIpc) is 2.41. The van der Waals surface area contributed by atoms with E-state index >= 15 is 0 Å². The highest BCUT2D eigenvalue weighted by Gasteiger charge is 2.00. The molecule has 0 bridgehead atoms. The number of hydrogen-bond donors (Lipinski definition) is 3. The SMILES string of the molecule is Nc1ccc(C=NNc2ccc(C(=O)O)cc2)cc1. The first-order valence-corrected chi connectivity index (χ1v) is 5.63. The highest BCUT2D eigenvalue weighted by atomic mass is 16.4. The molecule has 0 aromatic heterocycles. The monoisotopic (exact) mass is 255 g/mol. The highest BCUT2D eigenvalue weighted by molar-refractivity contribution is 5.88. The summed E-state index contributed by atoms with van der Waals surface area (Å²) in [5.41, 5.74) is 11.0. The summed E-state index contributed by atoms with van der Waals surface area (Å²) < 4.78 is 0. The molecule has 0 unspecified atom stereocenters. The Kier molecular flexibility index (Phi) is 3.78. The third-order valence-electron chi connectivity index (χ3n) is 2.48. The fraction of sp³-hybridized carbons (Fsp3) is 0. The van der Waals surface area contributed by atoms with Crippen LogP contribution in [0.2, 0.25) is 0 Å². The molecular formula is C14H13N3O2. The lowest BCUT2D eigenvalue weighted by atomic mass is 10.2. The van der Waals surface area contributed by atoms with Crippen LogP contribution in [0.1, 0.15) is 15.9 Å². The Morgan fingerprint density at radius 1 is 1.11 bits per heavy atom. The van der Waals surface area contributed by atoms with Crippen LogP contribution >= 0.6 is 0 Å². The molecule has 0 atom stereocenters. The van der Waals surface area contributed by atoms with Crippen LogP contribution in [0.15, 0.2) is 53.6 Å². The average molecular weight is 255 g/mol. The summed E-state index contributed by atoms with van der Waals surface area (Å²) in [4.78, 5) is 10.7. The van der Waals surface area contributed by atoms with Crippen molar-refractivity contribution in [3.63, 3.8) is 0 Å². The topological polar surface area (TPSA) is 87.7 Å². The zero-order chi connectivity index (χ0) is 13.7. The first kappa shape index (κ1) is 12.6. The maximum absolute atomic E-state index is 10.7. The van der Waals surface area contributed by atoms with Gasteiger partial charge in [0.1, 0.15) is 0 Å². The number of aromatic carboxylic acids is 1. The van der Waals surface area contributed by atoms with E-state index in [-0.39, 0.29) is 5.56 Å². The summed E-state index contributed by atoms with van der Waals surface area (Å²) in [5.74, 6) is -0.947. The van der Waals surface area contributed by atoms with Gasteiger partial charge >= 0.3 is 5.97 Å². The van der Waals surface area contributed by atoms with Gasteiger partial charge < -0.3 is 10.8 Å². The quantitative estimate of drug-likeness (QED) is 0.444. The molecule has 0 heterocycles. The van der Waals surface area contributed by atoms with Crippen molar-refractivity contribution in [2.75, 3.05) is 11.2 Å². The molecule has 0 aliphatic carbocycles. The van der Waals surface area contributed by atoms with Crippen molar-refractivity contribution in [1.29, 1.82) is 0 Å². The lowest BCUT2D eigenvalue weighted by Gasteiger charge is -2.00. The van der Waals surface area contributed by atoms with Gasteiger partial charge in [-0.1, -0.05) is 12.1 Å². The Bertz CT molecular complexity index is 589. The molecule has 0 aliphatic rings. The number of carbonyl (C=O) groups is 1. The molecule has 2 aromatic carbocycles. The number of nitrogens with two attached hydrogens (primary N) is 1. The molecule has 5 nitrogen and oxygen atoms in total. The number of hydrogen-bond acceptors (Lipinski definition) is 4. The van der Waals surface area contributed by atoms with Crippen molar-refractivity contribution in [1.82, 2.24) is 0 Å². The Hall–Kier alpha value is -2.82. The second-order valence-electron chi connectivity index (χ2n) is 3.92. The number of nitrogens with one attached hydrogen (secondary N) is 1. The van der Waals surface area contributed by atoms with Crippen molar-refractivity contribution >= 4 is 23.6 Å². The Balaban J connectivity index is 1.98. The zero-order valence-electron chi connectivity index (χ0n) is 10.1. The maximum Gasteiger partial charge on any atom is 0.335 e. The van der Waals surface area contributed by atoms with E-state index in [1.165, 1.54) is 12.1 Å². The van der Waals surface area contributed by atoms with Crippen molar-refractivity contribution in [2.45, 2.75) is 0 Å². The lowest BCUT2D eigenvalue weighted by Crippen LogP contribution is -1.96. The van der Waals surface area contributed by atoms with E-state index in [1.54, 1.807) is 30.5 Å². The number of carboxylic acids is 1. The number of nitrogen functional groups attached to an aromatic ring is 1. The minimum absolute atomic E-state index is 0.244. The van der Waals surface area contributed by atoms with Gasteiger partial charge in [-0.15, -0.1) is 0 Å². The Morgan fingerprint density at radius 2 is 1.74 bits per heavy atom. The van der Waals surface area contributed by atoms with Crippen molar-refractivity contribution in [3.8, 4) is 0 Å². The number of nitrogens with zero attached hydrogens (tertiary/aromatic N) is 1. The zero-order valence-corrected chi connectivity index (χ0v) is 10.1. The van der Waals surface area contributed by atoms with Gasteiger partial charge in [-0.2, -0.15) is 5.10 Å². The summed E-state index contributed by atoms with van der Waals surface area (Å²) in [7, 11) is 0. The predicted octanol–water partition coefficient (Wildman–Crippen LogP) is 2.41. The molecule has 0 aliphatic heterocycles. The lowest BCUT2D eigenvalue weighted by molar-refractivity contribution is 0.0697. The van der Waals surface area contributed by atoms with E-state index in [2.05, 4.69) is 10.5 Å². The van der Waals surface area contributed by atoms with Crippen molar-refractivity contribution < 1.29 is 9.90 Å². The van der Waals surface area contributed by atoms with Gasteiger partial charge in [0.2, 0.25) is 0 Å². The van der Waals surface area contributed by atoms with Crippen LogP contribution in [-0.2, 0) is 0 Å². The van der Waals surface area contributed by atoms with Gasteiger partial charge in [-0.25, -0.2) is 4.79 Å². The van der Waals surface area contributed by atoms with E-state index in [1.807, 2.05) is 12.1 Å². The summed E-state index contributed by atoms with van der Waals surface area (Å²) in [6.07, 6.45) is 1.66. The molecule has 96 valence electrons. The Morgan fingerprint density at radius 3 is 2.32 bits per heavy atom. The molecule has 5 heteroatoms. The van der Waals surface area contributed by atoms with Gasteiger partial charge in [0, 0.05) is 5.69 Å². The number of benzene rings is 2. The molecular weight excluding hydrogens is 242 g/mol. The van der Waals surface area contributed by atoms with Crippen molar-refractivity contribution in [2.24, 2.45) is 5.10 Å². The Labute approximate surface area is 110 Å². The van der Waals surface area contributed by atoms with E-state index < -0.39 is 5.97 Å². The molecule has 4 N–H and O–H groups in total. The number of carboxylic acid groups (broad SMARTS) is 1. The van der Waals surface area contributed by atoms with Crippen molar-refractivity contribution in [3.05, 3.63) is 59.7 Å². The third kappa shape index (κ3) is 3.57. The van der Waals surface area contributed by atoms with Gasteiger partial charge in [-0.3, -0.25) is 5.43 Å². The second-order valence-corrected chi connectivity index (χ2v) is 3.92. The van der Waals surface area contributed by atoms with Crippen LogP contribution in [0.3, 0.4) is 0 Å². The predicted molar refractivity (Wildman–Crippen MR) is 75.5 cm³/mol. The minimum atomic E-state index is -0.947. The highest BCUT2D eigenvalue weighted by Crippen LogP contribution is 2.09. The van der Waals surface area contributed by atoms with Crippen LogP contribution in [0.4, 0.5) is 11.4 Å². The van der Waals surface area contributed by atoms with Crippen LogP contribution in [0.5, 0.6) is 0 Å². The van der Waals surface area contributed by atoms with Crippen LogP contribution in [-0.4, -0.2) is 17.3 Å². The fourth-order valence-corrected chi connectivity index (χ4v) is 1.45. The van der Waals surface area contributed by atoms with E-state index in [0.717, 1.165) is 11.3 Å². The third-order valence-corrected chi connectivity index (χ3v) is 2.48. The summed E-state index contributed by atoms with van der Waals surface area (Å²) in [5, 5.41) is 12.8. The van der Waals surface area contributed by atoms with E-state index in [9.17, 15) is 4.79 Å². The normalized spacial score (nSPS) is 10.5. The summed E-state index contributed by atoms with van der Waals surface area (Å²) in [6, 6.07) is 13.6. The van der Waals surface area contributed by atoms with Gasteiger partial charge in [0.05, 0.1) is 17.5 Å². The van der Waals surface area contributed by atoms with E-state index in [4.69, 9.17) is 10.8 Å². The van der Waals surface area contributed by atoms with Gasteiger partial charge in [0.15, 0.2) is 0 Å². The molecule has 0 radical (unpaired) electrons.